The zero-order valence-corrected chi connectivity index (χ0v) is 16.8. The molecule has 1 unspecified atom stereocenters. The van der Waals surface area contributed by atoms with Gasteiger partial charge in [0.05, 0.1) is 11.7 Å². The van der Waals surface area contributed by atoms with Crippen molar-refractivity contribution in [2.24, 2.45) is 5.92 Å². The Morgan fingerprint density at radius 2 is 1.80 bits per heavy atom. The van der Waals surface area contributed by atoms with Crippen molar-refractivity contribution < 1.29 is 9.59 Å². The first-order chi connectivity index (χ1) is 14.5. The van der Waals surface area contributed by atoms with Gasteiger partial charge in [0.15, 0.2) is 0 Å². The molecular formula is C23H23N5O2. The molecule has 0 aliphatic rings. The van der Waals surface area contributed by atoms with Crippen LogP contribution in [0.2, 0.25) is 0 Å². The number of aromatic nitrogens is 3. The quantitative estimate of drug-likeness (QED) is 0.462. The molecule has 0 spiro atoms. The zero-order valence-electron chi connectivity index (χ0n) is 16.8. The van der Waals surface area contributed by atoms with Crippen LogP contribution in [-0.2, 0) is 11.3 Å². The molecule has 3 N–H and O–H groups in total. The van der Waals surface area contributed by atoms with E-state index in [9.17, 15) is 9.59 Å². The van der Waals surface area contributed by atoms with Crippen molar-refractivity contribution in [1.82, 2.24) is 25.6 Å². The highest BCUT2D eigenvalue weighted by molar-refractivity contribution is 6.09. The summed E-state index contributed by atoms with van der Waals surface area (Å²) in [5.74, 6) is -0.688. The van der Waals surface area contributed by atoms with E-state index in [1.54, 1.807) is 24.7 Å². The van der Waals surface area contributed by atoms with E-state index < -0.39 is 6.04 Å². The van der Waals surface area contributed by atoms with Crippen molar-refractivity contribution in [3.63, 3.8) is 0 Å². The van der Waals surface area contributed by atoms with Gasteiger partial charge in [-0.3, -0.25) is 14.6 Å². The van der Waals surface area contributed by atoms with Crippen LogP contribution in [-0.4, -0.2) is 32.8 Å². The van der Waals surface area contributed by atoms with E-state index >= 15 is 0 Å². The smallest absolute Gasteiger partial charge is 0.270 e. The monoisotopic (exact) mass is 401 g/mol. The van der Waals surface area contributed by atoms with Crippen LogP contribution in [0.15, 0.2) is 61.1 Å². The molecule has 1 aromatic carbocycles. The number of hydrogen-bond acceptors (Lipinski definition) is 4. The predicted molar refractivity (Wildman–Crippen MR) is 116 cm³/mol. The van der Waals surface area contributed by atoms with Crippen LogP contribution in [0.1, 0.15) is 29.9 Å². The molecule has 0 aliphatic heterocycles. The molecule has 0 fully saturated rings. The van der Waals surface area contributed by atoms with E-state index in [4.69, 9.17) is 0 Å². The number of aromatic amines is 1. The minimum atomic E-state index is -0.667. The summed E-state index contributed by atoms with van der Waals surface area (Å²) in [5, 5.41) is 7.67. The van der Waals surface area contributed by atoms with E-state index in [0.29, 0.717) is 6.54 Å². The highest BCUT2D eigenvalue weighted by Crippen LogP contribution is 2.25. The summed E-state index contributed by atoms with van der Waals surface area (Å²) in [5.41, 5.74) is 3.07. The molecule has 0 saturated heterocycles. The maximum Gasteiger partial charge on any atom is 0.270 e. The van der Waals surface area contributed by atoms with Crippen molar-refractivity contribution in [2.75, 3.05) is 0 Å². The van der Waals surface area contributed by atoms with Crippen molar-refractivity contribution in [1.29, 1.82) is 0 Å². The summed E-state index contributed by atoms with van der Waals surface area (Å²) >= 11 is 0. The maximum absolute atomic E-state index is 12.9. The van der Waals surface area contributed by atoms with Gasteiger partial charge in [-0.15, -0.1) is 0 Å². The Morgan fingerprint density at radius 1 is 1.03 bits per heavy atom. The van der Waals surface area contributed by atoms with Crippen LogP contribution in [0, 0.1) is 5.92 Å². The third-order valence-corrected chi connectivity index (χ3v) is 5.08. The molecule has 30 heavy (non-hydrogen) atoms. The fraction of sp³-hybridized carbons (Fsp3) is 0.217. The number of benzene rings is 1. The molecule has 1 atom stereocenters. The fourth-order valence-electron chi connectivity index (χ4n) is 3.42. The van der Waals surface area contributed by atoms with Gasteiger partial charge in [-0.1, -0.05) is 32.0 Å². The topological polar surface area (TPSA) is 99.8 Å². The molecule has 3 aromatic heterocycles. The molecule has 2 amide bonds. The van der Waals surface area contributed by atoms with Crippen molar-refractivity contribution in [2.45, 2.75) is 26.4 Å². The number of nitrogens with zero attached hydrogens (tertiary/aromatic N) is 2. The summed E-state index contributed by atoms with van der Waals surface area (Å²) < 4.78 is 0. The molecule has 3 heterocycles. The van der Waals surface area contributed by atoms with Crippen molar-refractivity contribution >= 4 is 33.6 Å². The van der Waals surface area contributed by atoms with Gasteiger partial charge in [-0.2, -0.15) is 0 Å². The normalized spacial score (nSPS) is 12.2. The molecule has 7 nitrogen and oxygen atoms in total. The Kier molecular flexibility index (Phi) is 5.43. The van der Waals surface area contributed by atoms with Crippen LogP contribution in [0.5, 0.6) is 0 Å². The van der Waals surface area contributed by atoms with Gasteiger partial charge in [-0.05, 0) is 35.7 Å². The molecule has 0 saturated carbocycles. The number of pyridine rings is 2. The summed E-state index contributed by atoms with van der Waals surface area (Å²) in [4.78, 5) is 37.1. The lowest BCUT2D eigenvalue weighted by atomic mass is 10.0. The van der Waals surface area contributed by atoms with E-state index in [0.717, 1.165) is 27.4 Å². The largest absolute Gasteiger partial charge is 0.353 e. The number of nitrogens with one attached hydrogen (secondary N) is 3. The van der Waals surface area contributed by atoms with E-state index in [1.807, 2.05) is 50.2 Å². The molecular weight excluding hydrogens is 378 g/mol. The fourth-order valence-corrected chi connectivity index (χ4v) is 3.42. The molecule has 152 valence electrons. The van der Waals surface area contributed by atoms with Gasteiger partial charge < -0.3 is 15.6 Å². The third-order valence-electron chi connectivity index (χ3n) is 5.08. The molecule has 4 rings (SSSR count). The Hall–Kier alpha value is -3.74. The first kappa shape index (κ1) is 19.6. The number of H-pyrrole nitrogens is 1. The lowest BCUT2D eigenvalue weighted by molar-refractivity contribution is -0.124. The Bertz CT molecular complexity index is 1200. The van der Waals surface area contributed by atoms with Crippen LogP contribution < -0.4 is 10.6 Å². The van der Waals surface area contributed by atoms with Gasteiger partial charge >= 0.3 is 0 Å². The Balaban J connectivity index is 1.51. The highest BCUT2D eigenvalue weighted by atomic mass is 16.2. The summed E-state index contributed by atoms with van der Waals surface area (Å²) in [6.45, 7) is 4.17. The number of hydrogen-bond donors (Lipinski definition) is 3. The van der Waals surface area contributed by atoms with Gasteiger partial charge in [-0.25, -0.2) is 4.98 Å². The third kappa shape index (κ3) is 4.00. The number of carbonyl (C=O) groups excluding carboxylic acids is 2. The highest BCUT2D eigenvalue weighted by Gasteiger charge is 2.25. The van der Waals surface area contributed by atoms with E-state index in [1.165, 1.54) is 0 Å². The van der Waals surface area contributed by atoms with Crippen LogP contribution in [0.3, 0.4) is 0 Å². The Morgan fingerprint density at radius 3 is 2.57 bits per heavy atom. The number of para-hydroxylation sites is 1. The van der Waals surface area contributed by atoms with Gasteiger partial charge in [0.1, 0.15) is 11.7 Å². The number of amides is 2. The Labute approximate surface area is 173 Å². The van der Waals surface area contributed by atoms with Gasteiger partial charge in [0, 0.05) is 35.2 Å². The van der Waals surface area contributed by atoms with Crippen molar-refractivity contribution in [3.8, 4) is 0 Å². The number of fused-ring (bicyclic) bond motifs is 3. The standard InChI is InChI=1S/C23H23N5O2/c1-14(2)21(23(30)26-12-15-7-9-24-10-8-15)28-22(29)19-11-17-16-5-3-4-6-18(16)27-20(17)13-25-19/h3-11,13-14,21,27H,12H2,1-2H3,(H,26,30)(H,28,29). The second-order valence-electron chi connectivity index (χ2n) is 7.55. The molecule has 0 bridgehead atoms. The SMILES string of the molecule is CC(C)C(NC(=O)c1cc2c(cn1)[nH]c1ccccc12)C(=O)NCc1ccncc1. The average Bonchev–Trinajstić information content (AvgIpc) is 3.14. The maximum atomic E-state index is 12.9. The second-order valence-corrected chi connectivity index (χ2v) is 7.55. The van der Waals surface area contributed by atoms with E-state index in [-0.39, 0.29) is 23.4 Å². The van der Waals surface area contributed by atoms with Crippen molar-refractivity contribution in [3.05, 3.63) is 72.3 Å². The number of carbonyl (C=O) groups is 2. The molecule has 4 aromatic rings. The van der Waals surface area contributed by atoms with Gasteiger partial charge in [0.25, 0.3) is 5.91 Å². The summed E-state index contributed by atoms with van der Waals surface area (Å²) in [6.07, 6.45) is 5.00. The minimum Gasteiger partial charge on any atom is -0.353 e. The molecule has 7 heteroatoms. The van der Waals surface area contributed by atoms with Crippen LogP contribution in [0.25, 0.3) is 21.8 Å². The van der Waals surface area contributed by atoms with Crippen LogP contribution in [0.4, 0.5) is 0 Å². The first-order valence-electron chi connectivity index (χ1n) is 9.87. The summed E-state index contributed by atoms with van der Waals surface area (Å²) in [6, 6.07) is 12.7. The average molecular weight is 401 g/mol. The first-order valence-corrected chi connectivity index (χ1v) is 9.87. The predicted octanol–water partition coefficient (Wildman–Crippen LogP) is 3.18. The molecule has 0 aliphatic carbocycles. The lowest BCUT2D eigenvalue weighted by Gasteiger charge is -2.21. The zero-order chi connectivity index (χ0) is 21.1. The number of rotatable bonds is 6. The minimum absolute atomic E-state index is 0.0804. The lowest BCUT2D eigenvalue weighted by Crippen LogP contribution is -2.49. The van der Waals surface area contributed by atoms with E-state index in [2.05, 4.69) is 25.6 Å². The van der Waals surface area contributed by atoms with Gasteiger partial charge in [0.2, 0.25) is 5.91 Å². The van der Waals surface area contributed by atoms with Crippen LogP contribution >= 0.6 is 0 Å². The molecule has 0 radical (unpaired) electrons. The second kappa shape index (κ2) is 8.32. The summed E-state index contributed by atoms with van der Waals surface area (Å²) in [7, 11) is 0.